The fraction of sp³-hybridized carbons (Fsp3) is 0. The highest BCUT2D eigenvalue weighted by molar-refractivity contribution is 6.30. The molecule has 4 aromatic rings. The van der Waals surface area contributed by atoms with Gasteiger partial charge in [0, 0.05) is 10.6 Å². The van der Waals surface area contributed by atoms with Crippen LogP contribution in [-0.2, 0) is 0 Å². The summed E-state index contributed by atoms with van der Waals surface area (Å²) in [5, 5.41) is 0.772. The lowest BCUT2D eigenvalue weighted by Crippen LogP contribution is -2.35. The molecule has 0 aliphatic carbocycles. The Hall–Kier alpha value is -3.51. The fourth-order valence-electron chi connectivity index (χ4n) is 2.86. The molecule has 0 unspecified atom stereocenters. The van der Waals surface area contributed by atoms with Gasteiger partial charge in [-0.2, -0.15) is 4.68 Å². The second kappa shape index (κ2) is 7.25. The summed E-state index contributed by atoms with van der Waals surface area (Å²) < 4.78 is 15.0. The molecule has 0 radical (unpaired) electrons. The number of halogens is 2. The number of rotatable bonds is 3. The summed E-state index contributed by atoms with van der Waals surface area (Å²) in [5.74, 6) is -1.26. The van der Waals surface area contributed by atoms with Crippen molar-refractivity contribution in [1.82, 2.24) is 9.66 Å². The van der Waals surface area contributed by atoms with E-state index in [1.165, 1.54) is 24.3 Å². The molecular formula is C21H13ClFN3O2. The highest BCUT2D eigenvalue weighted by Crippen LogP contribution is 2.22. The second-order valence-corrected chi connectivity index (χ2v) is 6.46. The van der Waals surface area contributed by atoms with Crippen molar-refractivity contribution in [2.75, 3.05) is 5.43 Å². The number of nitrogens with zero attached hydrogens (tertiary/aromatic N) is 2. The topological polar surface area (TPSA) is 64.0 Å². The van der Waals surface area contributed by atoms with Gasteiger partial charge in [-0.05, 0) is 36.4 Å². The summed E-state index contributed by atoms with van der Waals surface area (Å²) >= 11 is 6.08. The zero-order valence-electron chi connectivity index (χ0n) is 14.4. The molecule has 0 fully saturated rings. The van der Waals surface area contributed by atoms with Crippen molar-refractivity contribution in [3.05, 3.63) is 99.6 Å². The molecule has 5 nitrogen and oxygen atoms in total. The molecule has 0 aliphatic heterocycles. The molecule has 0 saturated heterocycles. The molecule has 7 heteroatoms. The van der Waals surface area contributed by atoms with Gasteiger partial charge >= 0.3 is 0 Å². The standard InChI is InChI=1S/C21H13ClFN3O2/c22-14-7-5-6-13(12-14)19-24-18-11-4-2-9-16(18)21(28)26(19)25-20(27)15-8-1-3-10-17(15)23/h1-12H,(H,25,27). The minimum Gasteiger partial charge on any atom is -0.267 e. The van der Waals surface area contributed by atoms with E-state index in [0.29, 0.717) is 21.5 Å². The molecule has 1 N–H and O–H groups in total. The fourth-order valence-corrected chi connectivity index (χ4v) is 3.06. The summed E-state index contributed by atoms with van der Waals surface area (Å²) in [4.78, 5) is 30.2. The molecule has 1 heterocycles. The molecule has 28 heavy (non-hydrogen) atoms. The minimum atomic E-state index is -0.763. The zero-order valence-corrected chi connectivity index (χ0v) is 15.2. The van der Waals surface area contributed by atoms with Crippen LogP contribution in [0.1, 0.15) is 10.4 Å². The van der Waals surface area contributed by atoms with E-state index < -0.39 is 17.3 Å². The third-order valence-corrected chi connectivity index (χ3v) is 4.43. The molecule has 1 amide bonds. The number of fused-ring (bicyclic) bond motifs is 1. The van der Waals surface area contributed by atoms with Gasteiger partial charge in [-0.15, -0.1) is 0 Å². The lowest BCUT2D eigenvalue weighted by molar-refractivity contribution is 0.100. The maximum Gasteiger partial charge on any atom is 0.280 e. The van der Waals surface area contributed by atoms with Crippen LogP contribution >= 0.6 is 11.6 Å². The summed E-state index contributed by atoms with van der Waals surface area (Å²) in [7, 11) is 0. The van der Waals surface area contributed by atoms with E-state index in [-0.39, 0.29) is 11.4 Å². The molecule has 0 spiro atoms. The lowest BCUT2D eigenvalue weighted by atomic mass is 10.2. The Labute approximate surface area is 164 Å². The number of aromatic nitrogens is 2. The van der Waals surface area contributed by atoms with Crippen LogP contribution in [0.3, 0.4) is 0 Å². The predicted octanol–water partition coefficient (Wildman–Crippen LogP) is 4.24. The Bertz CT molecular complexity index is 1270. The molecule has 1 aromatic heterocycles. The van der Waals surface area contributed by atoms with Crippen LogP contribution in [-0.4, -0.2) is 15.6 Å². The third-order valence-electron chi connectivity index (χ3n) is 4.19. The maximum atomic E-state index is 14.0. The van der Waals surface area contributed by atoms with E-state index in [1.54, 1.807) is 48.5 Å². The van der Waals surface area contributed by atoms with Crippen LogP contribution < -0.4 is 11.0 Å². The molecule has 0 atom stereocenters. The van der Waals surface area contributed by atoms with Crippen LogP contribution in [0.4, 0.5) is 4.39 Å². The van der Waals surface area contributed by atoms with E-state index in [9.17, 15) is 14.0 Å². The van der Waals surface area contributed by atoms with E-state index in [4.69, 9.17) is 11.6 Å². The molecular weight excluding hydrogens is 381 g/mol. The van der Waals surface area contributed by atoms with Crippen molar-refractivity contribution >= 4 is 28.4 Å². The largest absolute Gasteiger partial charge is 0.280 e. The van der Waals surface area contributed by atoms with Gasteiger partial charge in [-0.3, -0.25) is 15.0 Å². The normalized spacial score (nSPS) is 10.8. The minimum absolute atomic E-state index is 0.181. The molecule has 4 rings (SSSR count). The number of carbonyl (C=O) groups is 1. The van der Waals surface area contributed by atoms with E-state index in [1.807, 2.05) is 0 Å². The van der Waals surface area contributed by atoms with Crippen molar-refractivity contribution in [3.8, 4) is 11.4 Å². The predicted molar refractivity (Wildman–Crippen MR) is 107 cm³/mol. The Morgan fingerprint density at radius 3 is 2.54 bits per heavy atom. The second-order valence-electron chi connectivity index (χ2n) is 6.02. The van der Waals surface area contributed by atoms with E-state index in [0.717, 1.165) is 4.68 Å². The van der Waals surface area contributed by atoms with Crippen LogP contribution in [0.25, 0.3) is 22.3 Å². The van der Waals surface area contributed by atoms with E-state index in [2.05, 4.69) is 10.4 Å². The summed E-state index contributed by atoms with van der Waals surface area (Å²) in [5.41, 5.74) is 2.81. The maximum absolute atomic E-state index is 14.0. The van der Waals surface area contributed by atoms with Gasteiger partial charge in [0.05, 0.1) is 16.5 Å². The Kier molecular flexibility index (Phi) is 4.63. The third kappa shape index (κ3) is 3.25. The lowest BCUT2D eigenvalue weighted by Gasteiger charge is -2.15. The summed E-state index contributed by atoms with van der Waals surface area (Å²) in [6, 6.07) is 19.0. The zero-order chi connectivity index (χ0) is 19.7. The Balaban J connectivity index is 1.92. The number of hydrogen-bond acceptors (Lipinski definition) is 3. The average Bonchev–Trinajstić information content (AvgIpc) is 2.70. The molecule has 138 valence electrons. The first-order valence-electron chi connectivity index (χ1n) is 8.38. The van der Waals surface area contributed by atoms with Crippen LogP contribution in [0.15, 0.2) is 77.6 Å². The number of nitrogens with one attached hydrogen (secondary N) is 1. The first-order valence-corrected chi connectivity index (χ1v) is 8.76. The van der Waals surface area contributed by atoms with Gasteiger partial charge in [-0.25, -0.2) is 9.37 Å². The number of amides is 1. The van der Waals surface area contributed by atoms with Crippen LogP contribution in [0, 0.1) is 5.82 Å². The van der Waals surface area contributed by atoms with Crippen LogP contribution in [0.5, 0.6) is 0 Å². The van der Waals surface area contributed by atoms with E-state index >= 15 is 0 Å². The van der Waals surface area contributed by atoms with Crippen molar-refractivity contribution in [2.45, 2.75) is 0 Å². The molecule has 3 aromatic carbocycles. The summed E-state index contributed by atoms with van der Waals surface area (Å²) in [6.07, 6.45) is 0. The van der Waals surface area contributed by atoms with Crippen molar-refractivity contribution in [3.63, 3.8) is 0 Å². The van der Waals surface area contributed by atoms with Gasteiger partial charge < -0.3 is 0 Å². The molecule has 0 bridgehead atoms. The SMILES string of the molecule is O=C(Nn1c(-c2cccc(Cl)c2)nc2ccccc2c1=O)c1ccccc1F. The first-order chi connectivity index (χ1) is 13.5. The number of benzene rings is 3. The van der Waals surface area contributed by atoms with Crippen molar-refractivity contribution < 1.29 is 9.18 Å². The van der Waals surface area contributed by atoms with Crippen molar-refractivity contribution in [1.29, 1.82) is 0 Å². The van der Waals surface area contributed by atoms with Gasteiger partial charge in [0.15, 0.2) is 5.82 Å². The number of hydrogen-bond donors (Lipinski definition) is 1. The molecule has 0 aliphatic rings. The Morgan fingerprint density at radius 1 is 1.00 bits per heavy atom. The smallest absolute Gasteiger partial charge is 0.267 e. The highest BCUT2D eigenvalue weighted by atomic mass is 35.5. The monoisotopic (exact) mass is 393 g/mol. The van der Waals surface area contributed by atoms with Gasteiger partial charge in [-0.1, -0.05) is 48.0 Å². The highest BCUT2D eigenvalue weighted by Gasteiger charge is 2.17. The van der Waals surface area contributed by atoms with Crippen LogP contribution in [0.2, 0.25) is 5.02 Å². The van der Waals surface area contributed by atoms with Gasteiger partial charge in [0.25, 0.3) is 11.5 Å². The average molecular weight is 394 g/mol. The quantitative estimate of drug-likeness (QED) is 0.566. The van der Waals surface area contributed by atoms with Gasteiger partial charge in [0.2, 0.25) is 0 Å². The number of carbonyl (C=O) groups excluding carboxylic acids is 1. The Morgan fingerprint density at radius 2 is 1.75 bits per heavy atom. The number of para-hydroxylation sites is 1. The van der Waals surface area contributed by atoms with Crippen molar-refractivity contribution in [2.24, 2.45) is 0 Å². The summed E-state index contributed by atoms with van der Waals surface area (Å²) in [6.45, 7) is 0. The van der Waals surface area contributed by atoms with Gasteiger partial charge in [0.1, 0.15) is 5.82 Å². The first kappa shape index (κ1) is 17.9. The molecule has 0 saturated carbocycles.